The van der Waals surface area contributed by atoms with E-state index >= 15 is 0 Å². The van der Waals surface area contributed by atoms with E-state index in [0.717, 1.165) is 11.1 Å². The van der Waals surface area contributed by atoms with Crippen molar-refractivity contribution in [2.45, 2.75) is 13.2 Å². The van der Waals surface area contributed by atoms with Crippen molar-refractivity contribution in [1.82, 2.24) is 0 Å². The summed E-state index contributed by atoms with van der Waals surface area (Å²) in [5.74, 6) is 6.09. The standard InChI is InChI=1S/C29H21Cl2NO3/c30-25-15-23(27(32)17-26(25)31)13-11-22-12-14-24(29(33)35-19-21-9-5-2-6-10-21)16-28(22)34-18-20-7-3-1-4-8-20/h1-10,12,14-17H,18-19,32H2. The van der Waals surface area contributed by atoms with Gasteiger partial charge in [0, 0.05) is 11.3 Å². The molecule has 4 nitrogen and oxygen atoms in total. The van der Waals surface area contributed by atoms with Gasteiger partial charge in [0.15, 0.2) is 0 Å². The zero-order valence-electron chi connectivity index (χ0n) is 18.6. The number of anilines is 1. The van der Waals surface area contributed by atoms with Gasteiger partial charge in [-0.15, -0.1) is 0 Å². The van der Waals surface area contributed by atoms with Crippen molar-refractivity contribution < 1.29 is 14.3 Å². The second kappa shape index (κ2) is 11.5. The first-order chi connectivity index (χ1) is 17.0. The monoisotopic (exact) mass is 501 g/mol. The van der Waals surface area contributed by atoms with Crippen molar-refractivity contribution in [1.29, 1.82) is 0 Å². The molecule has 35 heavy (non-hydrogen) atoms. The number of rotatable bonds is 6. The number of esters is 1. The van der Waals surface area contributed by atoms with Gasteiger partial charge >= 0.3 is 5.97 Å². The maximum absolute atomic E-state index is 12.7. The lowest BCUT2D eigenvalue weighted by Crippen LogP contribution is -2.06. The highest BCUT2D eigenvalue weighted by Gasteiger charge is 2.12. The summed E-state index contributed by atoms with van der Waals surface area (Å²) in [7, 11) is 0. The number of carbonyl (C=O) groups is 1. The lowest BCUT2D eigenvalue weighted by molar-refractivity contribution is 0.0472. The van der Waals surface area contributed by atoms with Crippen molar-refractivity contribution in [2.24, 2.45) is 0 Å². The van der Waals surface area contributed by atoms with Gasteiger partial charge in [-0.1, -0.05) is 95.7 Å². The minimum absolute atomic E-state index is 0.179. The second-order valence-electron chi connectivity index (χ2n) is 7.65. The molecule has 4 aromatic rings. The van der Waals surface area contributed by atoms with E-state index in [1.807, 2.05) is 60.7 Å². The number of carbonyl (C=O) groups excluding carboxylic acids is 1. The second-order valence-corrected chi connectivity index (χ2v) is 8.46. The first-order valence-corrected chi connectivity index (χ1v) is 11.5. The topological polar surface area (TPSA) is 61.6 Å². The smallest absolute Gasteiger partial charge is 0.338 e. The van der Waals surface area contributed by atoms with Gasteiger partial charge in [0.2, 0.25) is 0 Å². The average Bonchev–Trinajstić information content (AvgIpc) is 2.89. The van der Waals surface area contributed by atoms with Crippen LogP contribution in [0.1, 0.15) is 32.6 Å². The molecule has 2 N–H and O–H groups in total. The molecular weight excluding hydrogens is 481 g/mol. The highest BCUT2D eigenvalue weighted by Crippen LogP contribution is 2.27. The van der Waals surface area contributed by atoms with E-state index in [9.17, 15) is 4.79 Å². The molecule has 0 atom stereocenters. The van der Waals surface area contributed by atoms with Crippen molar-refractivity contribution in [2.75, 3.05) is 5.73 Å². The summed E-state index contributed by atoms with van der Waals surface area (Å²) in [5, 5.41) is 0.724. The summed E-state index contributed by atoms with van der Waals surface area (Å²) >= 11 is 12.1. The Balaban J connectivity index is 1.60. The van der Waals surface area contributed by atoms with Gasteiger partial charge in [-0.25, -0.2) is 4.79 Å². The zero-order valence-corrected chi connectivity index (χ0v) is 20.1. The molecule has 6 heteroatoms. The summed E-state index contributed by atoms with van der Waals surface area (Å²) < 4.78 is 11.5. The Bertz CT molecular complexity index is 1390. The Hall–Kier alpha value is -3.91. The summed E-state index contributed by atoms with van der Waals surface area (Å²) in [6.07, 6.45) is 0. The van der Waals surface area contributed by atoms with Crippen molar-refractivity contribution in [3.05, 3.63) is 129 Å². The molecular formula is C29H21Cl2NO3. The van der Waals surface area contributed by atoms with E-state index in [0.29, 0.717) is 44.8 Å². The largest absolute Gasteiger partial charge is 0.488 e. The Morgan fingerprint density at radius 1 is 0.743 bits per heavy atom. The van der Waals surface area contributed by atoms with Crippen LogP contribution in [-0.2, 0) is 18.0 Å². The highest BCUT2D eigenvalue weighted by atomic mass is 35.5. The molecule has 4 rings (SSSR count). The minimum Gasteiger partial charge on any atom is -0.488 e. The van der Waals surface area contributed by atoms with E-state index in [1.165, 1.54) is 0 Å². The van der Waals surface area contributed by atoms with Gasteiger partial charge in [0.25, 0.3) is 0 Å². The molecule has 0 aliphatic carbocycles. The third-order valence-corrected chi connectivity index (χ3v) is 5.81. The van der Waals surface area contributed by atoms with Crippen LogP contribution in [0, 0.1) is 11.8 Å². The van der Waals surface area contributed by atoms with Gasteiger partial charge in [0.05, 0.1) is 21.2 Å². The number of hydrogen-bond acceptors (Lipinski definition) is 4. The molecule has 0 aromatic heterocycles. The molecule has 0 unspecified atom stereocenters. The van der Waals surface area contributed by atoms with Gasteiger partial charge in [-0.2, -0.15) is 0 Å². The molecule has 0 saturated carbocycles. The fraction of sp³-hybridized carbons (Fsp3) is 0.0690. The third-order valence-electron chi connectivity index (χ3n) is 5.09. The number of hydrogen-bond donors (Lipinski definition) is 1. The van der Waals surface area contributed by atoms with Crippen LogP contribution in [0.15, 0.2) is 91.0 Å². The lowest BCUT2D eigenvalue weighted by atomic mass is 10.1. The van der Waals surface area contributed by atoms with Gasteiger partial charge < -0.3 is 15.2 Å². The zero-order chi connectivity index (χ0) is 24.6. The normalized spacial score (nSPS) is 10.2. The Morgan fingerprint density at radius 2 is 1.34 bits per heavy atom. The van der Waals surface area contributed by atoms with E-state index in [4.69, 9.17) is 38.4 Å². The van der Waals surface area contributed by atoms with Crippen LogP contribution in [0.25, 0.3) is 0 Å². The minimum atomic E-state index is -0.452. The van der Waals surface area contributed by atoms with E-state index in [1.54, 1.807) is 30.3 Å². The quantitative estimate of drug-likeness (QED) is 0.177. The molecule has 0 fully saturated rings. The fourth-order valence-corrected chi connectivity index (χ4v) is 3.55. The lowest BCUT2D eigenvalue weighted by Gasteiger charge is -2.11. The number of halogens is 2. The maximum Gasteiger partial charge on any atom is 0.338 e. The highest BCUT2D eigenvalue weighted by molar-refractivity contribution is 6.42. The van der Waals surface area contributed by atoms with Gasteiger partial charge in [0.1, 0.15) is 19.0 Å². The molecule has 0 spiro atoms. The molecule has 0 amide bonds. The van der Waals surface area contributed by atoms with Crippen LogP contribution in [0.5, 0.6) is 5.75 Å². The van der Waals surface area contributed by atoms with Crippen LogP contribution < -0.4 is 10.5 Å². The predicted octanol–water partition coefficient (Wildman–Crippen LogP) is 6.91. The summed E-state index contributed by atoms with van der Waals surface area (Å²) in [6.45, 7) is 0.491. The molecule has 0 saturated heterocycles. The molecule has 0 aliphatic heterocycles. The average molecular weight is 502 g/mol. The van der Waals surface area contributed by atoms with Gasteiger partial charge in [-0.05, 0) is 41.5 Å². The van der Waals surface area contributed by atoms with Crippen molar-refractivity contribution in [3.8, 4) is 17.6 Å². The van der Waals surface area contributed by atoms with Gasteiger partial charge in [-0.3, -0.25) is 0 Å². The molecule has 4 aromatic carbocycles. The van der Waals surface area contributed by atoms with Crippen LogP contribution in [0.3, 0.4) is 0 Å². The first kappa shape index (κ1) is 24.2. The number of ether oxygens (including phenoxy) is 2. The van der Waals surface area contributed by atoms with E-state index in [-0.39, 0.29) is 6.61 Å². The Morgan fingerprint density at radius 3 is 2.03 bits per heavy atom. The van der Waals surface area contributed by atoms with Crippen molar-refractivity contribution >= 4 is 34.9 Å². The third kappa shape index (κ3) is 6.58. The number of benzene rings is 4. The van der Waals surface area contributed by atoms with Crippen LogP contribution >= 0.6 is 23.2 Å². The molecule has 174 valence electrons. The number of nitrogens with two attached hydrogens (primary N) is 1. The summed E-state index contributed by atoms with van der Waals surface area (Å²) in [5.41, 5.74) is 9.83. The molecule has 0 aliphatic rings. The SMILES string of the molecule is Nc1cc(Cl)c(Cl)cc1C#Cc1ccc(C(=O)OCc2ccccc2)cc1OCc1ccccc1. The summed E-state index contributed by atoms with van der Waals surface area (Å²) in [4.78, 5) is 12.7. The maximum atomic E-state index is 12.7. The summed E-state index contributed by atoms with van der Waals surface area (Å²) in [6, 6.07) is 27.4. The van der Waals surface area contributed by atoms with Crippen LogP contribution in [0.2, 0.25) is 10.0 Å². The van der Waals surface area contributed by atoms with Crippen molar-refractivity contribution in [3.63, 3.8) is 0 Å². The van der Waals surface area contributed by atoms with Crippen LogP contribution in [-0.4, -0.2) is 5.97 Å². The fourth-order valence-electron chi connectivity index (χ4n) is 3.22. The van der Waals surface area contributed by atoms with Crippen LogP contribution in [0.4, 0.5) is 5.69 Å². The molecule has 0 heterocycles. The molecule has 0 bridgehead atoms. The first-order valence-electron chi connectivity index (χ1n) is 10.8. The number of nitrogen functional groups attached to an aromatic ring is 1. The van der Waals surface area contributed by atoms with E-state index in [2.05, 4.69) is 11.8 Å². The molecule has 0 radical (unpaired) electrons. The Labute approximate surface area is 214 Å². The predicted molar refractivity (Wildman–Crippen MR) is 140 cm³/mol. The Kier molecular flexibility index (Phi) is 7.95. The van der Waals surface area contributed by atoms with E-state index < -0.39 is 5.97 Å².